The van der Waals surface area contributed by atoms with E-state index in [1.807, 2.05) is 24.7 Å². The average Bonchev–Trinajstić information content (AvgIpc) is 2.95. The van der Waals surface area contributed by atoms with Crippen LogP contribution in [0, 0.1) is 0 Å². The van der Waals surface area contributed by atoms with Crippen LogP contribution in [0.25, 0.3) is 0 Å². The first-order valence-corrected chi connectivity index (χ1v) is 7.54. The van der Waals surface area contributed by atoms with Crippen LogP contribution < -0.4 is 0 Å². The van der Waals surface area contributed by atoms with Gasteiger partial charge in [0.05, 0.1) is 6.33 Å². The van der Waals surface area contributed by atoms with Crippen molar-refractivity contribution >= 4 is 11.8 Å². The van der Waals surface area contributed by atoms with E-state index in [0.717, 1.165) is 17.9 Å². The summed E-state index contributed by atoms with van der Waals surface area (Å²) in [5.74, 6) is 0.922. The second-order valence-corrected chi connectivity index (χ2v) is 5.38. The quantitative estimate of drug-likeness (QED) is 0.578. The van der Waals surface area contributed by atoms with Crippen molar-refractivity contribution in [3.05, 3.63) is 48.0 Å². The van der Waals surface area contributed by atoms with E-state index >= 15 is 0 Å². The lowest BCUT2D eigenvalue weighted by Crippen LogP contribution is -2.03. The van der Waals surface area contributed by atoms with Crippen LogP contribution in [0.5, 0.6) is 0 Å². The van der Waals surface area contributed by atoms with Gasteiger partial charge in [-0.3, -0.25) is 0 Å². The normalized spacial score (nSPS) is 11.2. The summed E-state index contributed by atoms with van der Waals surface area (Å²) in [7, 11) is 3.28. The van der Waals surface area contributed by atoms with Crippen LogP contribution in [-0.4, -0.2) is 23.8 Å². The number of nitrogens with zero attached hydrogens (tertiary/aromatic N) is 2. The van der Waals surface area contributed by atoms with Crippen molar-refractivity contribution in [1.29, 1.82) is 0 Å². The predicted molar refractivity (Wildman–Crippen MR) is 80.7 cm³/mol. The highest BCUT2D eigenvalue weighted by atomic mass is 32.2. The van der Waals surface area contributed by atoms with E-state index in [1.54, 1.807) is 26.0 Å². The second kappa shape index (κ2) is 7.47. The maximum absolute atomic E-state index is 5.23. The van der Waals surface area contributed by atoms with Crippen molar-refractivity contribution in [3.63, 3.8) is 0 Å². The Balaban J connectivity index is 1.97. The van der Waals surface area contributed by atoms with Gasteiger partial charge in [0.2, 0.25) is 0 Å². The summed E-state index contributed by atoms with van der Waals surface area (Å²) in [6.07, 6.45) is 3.51. The van der Waals surface area contributed by atoms with Crippen molar-refractivity contribution in [1.82, 2.24) is 9.55 Å². The van der Waals surface area contributed by atoms with Crippen LogP contribution in [0.3, 0.4) is 0 Å². The van der Waals surface area contributed by atoms with Gasteiger partial charge in [-0.1, -0.05) is 12.1 Å². The van der Waals surface area contributed by atoms with Gasteiger partial charge in [0.15, 0.2) is 6.29 Å². The Morgan fingerprint density at radius 1 is 1.20 bits per heavy atom. The Bertz CT molecular complexity index is 521. The van der Waals surface area contributed by atoms with Crippen molar-refractivity contribution < 1.29 is 9.47 Å². The Labute approximate surface area is 124 Å². The number of hydrogen-bond donors (Lipinski definition) is 0. The second-order valence-electron chi connectivity index (χ2n) is 4.33. The molecule has 5 heteroatoms. The molecule has 0 bridgehead atoms. The standard InChI is InChI=1S/C15H20N2O2S/c1-4-17-11-16-9-13(17)10-20-14-7-5-12(6-8-14)15(18-2)19-3/h5-9,11,15H,4,10H2,1-3H3. The monoisotopic (exact) mass is 292 g/mol. The van der Waals surface area contributed by atoms with Gasteiger partial charge >= 0.3 is 0 Å². The number of hydrogen-bond acceptors (Lipinski definition) is 4. The molecule has 0 spiro atoms. The number of methoxy groups -OCH3 is 2. The Kier molecular flexibility index (Phi) is 5.64. The topological polar surface area (TPSA) is 36.3 Å². The lowest BCUT2D eigenvalue weighted by molar-refractivity contribution is -0.106. The lowest BCUT2D eigenvalue weighted by atomic mass is 10.2. The summed E-state index contributed by atoms with van der Waals surface area (Å²) in [5, 5.41) is 0. The van der Waals surface area contributed by atoms with E-state index in [4.69, 9.17) is 9.47 Å². The molecule has 1 aromatic heterocycles. The van der Waals surface area contributed by atoms with E-state index < -0.39 is 0 Å². The fraction of sp³-hybridized carbons (Fsp3) is 0.400. The fourth-order valence-electron chi connectivity index (χ4n) is 2.00. The van der Waals surface area contributed by atoms with E-state index in [2.05, 4.69) is 28.6 Å². The van der Waals surface area contributed by atoms with Crippen molar-refractivity contribution in [2.24, 2.45) is 0 Å². The van der Waals surface area contributed by atoms with Crippen LogP contribution in [0.1, 0.15) is 24.5 Å². The number of benzene rings is 1. The minimum absolute atomic E-state index is 0.296. The molecule has 2 rings (SSSR count). The van der Waals surface area contributed by atoms with Crippen molar-refractivity contribution in [3.8, 4) is 0 Å². The summed E-state index contributed by atoms with van der Waals surface area (Å²) in [5.41, 5.74) is 2.27. The minimum atomic E-state index is -0.296. The van der Waals surface area contributed by atoms with Gasteiger partial charge in [-0.2, -0.15) is 0 Å². The first kappa shape index (κ1) is 15.1. The molecule has 108 valence electrons. The largest absolute Gasteiger partial charge is 0.352 e. The zero-order valence-corrected chi connectivity index (χ0v) is 12.9. The number of aryl methyl sites for hydroxylation is 1. The number of aromatic nitrogens is 2. The van der Waals surface area contributed by atoms with Gasteiger partial charge in [0.25, 0.3) is 0 Å². The molecule has 0 unspecified atom stereocenters. The van der Waals surface area contributed by atoms with Crippen LogP contribution in [0.15, 0.2) is 41.7 Å². The van der Waals surface area contributed by atoms with Crippen LogP contribution in [0.4, 0.5) is 0 Å². The van der Waals surface area contributed by atoms with Gasteiger partial charge in [0.1, 0.15) is 0 Å². The molecule has 0 N–H and O–H groups in total. The molecule has 0 aliphatic heterocycles. The molecule has 0 amide bonds. The molecular formula is C15H20N2O2S. The molecule has 1 aromatic carbocycles. The smallest absolute Gasteiger partial charge is 0.183 e. The van der Waals surface area contributed by atoms with Crippen LogP contribution >= 0.6 is 11.8 Å². The summed E-state index contributed by atoms with van der Waals surface area (Å²) >= 11 is 1.80. The average molecular weight is 292 g/mol. The van der Waals surface area contributed by atoms with Gasteiger partial charge in [-0.05, 0) is 19.1 Å². The molecule has 0 saturated heterocycles. The number of ether oxygens (including phenoxy) is 2. The van der Waals surface area contributed by atoms with Crippen molar-refractivity contribution in [2.75, 3.05) is 14.2 Å². The first-order valence-electron chi connectivity index (χ1n) is 6.55. The first-order chi connectivity index (χ1) is 9.78. The van der Waals surface area contributed by atoms with Gasteiger partial charge in [-0.25, -0.2) is 4.98 Å². The van der Waals surface area contributed by atoms with E-state index in [1.165, 1.54) is 10.6 Å². The number of thioether (sulfide) groups is 1. The predicted octanol–water partition coefficient (Wildman–Crippen LogP) is 3.49. The molecule has 4 nitrogen and oxygen atoms in total. The third-order valence-electron chi connectivity index (χ3n) is 3.11. The molecule has 1 heterocycles. The van der Waals surface area contributed by atoms with Crippen LogP contribution in [0.2, 0.25) is 0 Å². The van der Waals surface area contributed by atoms with Crippen molar-refractivity contribution in [2.45, 2.75) is 30.4 Å². The molecule has 0 radical (unpaired) electrons. The molecule has 0 saturated carbocycles. The molecule has 0 atom stereocenters. The maximum atomic E-state index is 5.23. The zero-order valence-electron chi connectivity index (χ0n) is 12.1. The third kappa shape index (κ3) is 3.62. The fourth-order valence-corrected chi connectivity index (χ4v) is 2.88. The maximum Gasteiger partial charge on any atom is 0.183 e. The molecule has 20 heavy (non-hydrogen) atoms. The SMILES string of the molecule is CCn1cncc1CSc1ccc(C(OC)OC)cc1. The Hall–Kier alpha value is -1.30. The van der Waals surface area contributed by atoms with E-state index in [-0.39, 0.29) is 6.29 Å². The summed E-state index contributed by atoms with van der Waals surface area (Å²) in [6, 6.07) is 8.27. The summed E-state index contributed by atoms with van der Waals surface area (Å²) in [4.78, 5) is 5.41. The number of imidazole rings is 1. The van der Waals surface area contributed by atoms with Gasteiger partial charge in [-0.15, -0.1) is 11.8 Å². The molecule has 2 aromatic rings. The number of rotatable bonds is 7. The van der Waals surface area contributed by atoms with E-state index in [9.17, 15) is 0 Å². The summed E-state index contributed by atoms with van der Waals surface area (Å²) in [6.45, 7) is 3.08. The zero-order chi connectivity index (χ0) is 14.4. The molecule has 0 aliphatic carbocycles. The van der Waals surface area contributed by atoms with Gasteiger partial charge in [0, 0.05) is 48.9 Å². The summed E-state index contributed by atoms with van der Waals surface area (Å²) < 4.78 is 12.6. The lowest BCUT2D eigenvalue weighted by Gasteiger charge is -2.13. The highest BCUT2D eigenvalue weighted by Gasteiger charge is 2.08. The Morgan fingerprint density at radius 2 is 1.90 bits per heavy atom. The minimum Gasteiger partial charge on any atom is -0.352 e. The Morgan fingerprint density at radius 3 is 2.50 bits per heavy atom. The third-order valence-corrected chi connectivity index (χ3v) is 4.15. The highest BCUT2D eigenvalue weighted by molar-refractivity contribution is 7.98. The highest BCUT2D eigenvalue weighted by Crippen LogP contribution is 2.25. The van der Waals surface area contributed by atoms with Crippen LogP contribution in [-0.2, 0) is 21.8 Å². The molecular weight excluding hydrogens is 272 g/mol. The molecule has 0 fully saturated rings. The van der Waals surface area contributed by atoms with Gasteiger partial charge < -0.3 is 14.0 Å². The van der Waals surface area contributed by atoms with E-state index in [0.29, 0.717) is 0 Å². The molecule has 0 aliphatic rings.